The number of carbonyl (C=O) groups excluding carboxylic acids is 1. The van der Waals surface area contributed by atoms with E-state index in [-0.39, 0.29) is 18.0 Å². The van der Waals surface area contributed by atoms with Crippen molar-refractivity contribution in [3.05, 3.63) is 58.9 Å². The third-order valence-corrected chi connectivity index (χ3v) is 6.19. The number of halogens is 1. The highest BCUT2D eigenvalue weighted by Gasteiger charge is 2.59. The van der Waals surface area contributed by atoms with Crippen molar-refractivity contribution in [1.29, 1.82) is 0 Å². The smallest absolute Gasteiger partial charge is 0.270 e. The maximum Gasteiger partial charge on any atom is 0.270 e. The van der Waals surface area contributed by atoms with Crippen LogP contribution in [0.2, 0.25) is 5.02 Å². The second-order valence-corrected chi connectivity index (χ2v) is 8.30. The molecule has 1 aromatic heterocycles. The molecule has 7 nitrogen and oxygen atoms in total. The Balaban J connectivity index is 1.37. The molecule has 0 spiro atoms. The van der Waals surface area contributed by atoms with Gasteiger partial charge in [0.1, 0.15) is 11.8 Å². The second kappa shape index (κ2) is 7.39. The Labute approximate surface area is 182 Å². The summed E-state index contributed by atoms with van der Waals surface area (Å²) in [6, 6.07) is 14.7. The Morgan fingerprint density at radius 2 is 1.90 bits per heavy atom. The number of nitrogens with one attached hydrogen (secondary N) is 1. The number of hydrogen-bond acceptors (Lipinski definition) is 7. The van der Waals surface area contributed by atoms with Gasteiger partial charge in [-0.3, -0.25) is 4.79 Å². The molecule has 2 aliphatic rings. The van der Waals surface area contributed by atoms with E-state index in [1.807, 2.05) is 65.8 Å². The van der Waals surface area contributed by atoms with Gasteiger partial charge in [0.25, 0.3) is 5.91 Å². The van der Waals surface area contributed by atoms with Crippen molar-refractivity contribution in [3.8, 4) is 17.0 Å². The first-order chi connectivity index (χ1) is 14.6. The summed E-state index contributed by atoms with van der Waals surface area (Å²) in [6.07, 6.45) is 0. The molecule has 3 atom stereocenters. The molecular formula is C21H18ClN5O2S. The fraction of sp³-hybridized carbons (Fsp3) is 0.190. The highest BCUT2D eigenvalue weighted by molar-refractivity contribution is 7.14. The Morgan fingerprint density at radius 1 is 1.13 bits per heavy atom. The lowest BCUT2D eigenvalue weighted by molar-refractivity contribution is -0.118. The van der Waals surface area contributed by atoms with E-state index < -0.39 is 0 Å². The third-order valence-electron chi connectivity index (χ3n) is 5.13. The summed E-state index contributed by atoms with van der Waals surface area (Å²) in [5.74, 6) is 0.609. The number of anilines is 2. The highest BCUT2D eigenvalue weighted by Crippen LogP contribution is 2.39. The summed E-state index contributed by atoms with van der Waals surface area (Å²) in [5, 5.41) is 11.0. The molecule has 3 aromatic rings. The molecule has 30 heavy (non-hydrogen) atoms. The minimum atomic E-state index is -0.324. The van der Waals surface area contributed by atoms with Gasteiger partial charge < -0.3 is 10.2 Å². The van der Waals surface area contributed by atoms with Crippen LogP contribution < -0.4 is 15.2 Å². The predicted molar refractivity (Wildman–Crippen MR) is 119 cm³/mol. The molecule has 152 valence electrons. The number of hydrazine groups is 1. The molecule has 9 heteroatoms. The van der Waals surface area contributed by atoms with E-state index in [1.54, 1.807) is 7.11 Å². The van der Waals surface area contributed by atoms with Gasteiger partial charge in [0.2, 0.25) is 5.13 Å². The fourth-order valence-electron chi connectivity index (χ4n) is 3.57. The van der Waals surface area contributed by atoms with Gasteiger partial charge in [-0.25, -0.2) is 4.98 Å². The summed E-state index contributed by atoms with van der Waals surface area (Å²) in [4.78, 5) is 17.7. The number of fused-ring (bicyclic) bond motifs is 1. The number of para-hydroxylation sites is 2. The van der Waals surface area contributed by atoms with Gasteiger partial charge in [0.15, 0.2) is 0 Å². The fourth-order valence-corrected chi connectivity index (χ4v) is 4.49. The molecule has 3 unspecified atom stereocenters. The van der Waals surface area contributed by atoms with Gasteiger partial charge in [0.05, 0.1) is 30.2 Å². The highest BCUT2D eigenvalue weighted by atomic mass is 35.5. The molecule has 0 radical (unpaired) electrons. The van der Waals surface area contributed by atoms with Crippen molar-refractivity contribution >= 4 is 45.4 Å². The molecule has 0 bridgehead atoms. The predicted octanol–water partition coefficient (Wildman–Crippen LogP) is 4.27. The van der Waals surface area contributed by atoms with Crippen molar-refractivity contribution in [2.75, 3.05) is 17.5 Å². The standard InChI is InChI=1S/C21H18ClN5O2S/c1-12-18-19(26(18)25-15-5-3-4-6-17(15)29-2)20(28)27(24-12)21-23-16(11-30-21)13-7-9-14(22)10-8-13/h3-11,18-19,25H,1-2H3. The van der Waals surface area contributed by atoms with Crippen LogP contribution in [0.1, 0.15) is 6.92 Å². The van der Waals surface area contributed by atoms with Gasteiger partial charge in [-0.15, -0.1) is 11.3 Å². The molecule has 5 rings (SSSR count). The minimum Gasteiger partial charge on any atom is -0.495 e. The lowest BCUT2D eigenvalue weighted by Gasteiger charge is -2.17. The molecule has 1 amide bonds. The van der Waals surface area contributed by atoms with Crippen molar-refractivity contribution in [2.45, 2.75) is 19.0 Å². The lowest BCUT2D eigenvalue weighted by Crippen LogP contribution is -2.37. The van der Waals surface area contributed by atoms with Crippen LogP contribution in [-0.4, -0.2) is 40.8 Å². The number of thiazole rings is 1. The van der Waals surface area contributed by atoms with Crippen LogP contribution in [0.5, 0.6) is 5.75 Å². The van der Waals surface area contributed by atoms with Crippen LogP contribution in [0.25, 0.3) is 11.3 Å². The number of hydrazone groups is 1. The number of carbonyl (C=O) groups is 1. The molecular weight excluding hydrogens is 422 g/mol. The largest absolute Gasteiger partial charge is 0.495 e. The SMILES string of the molecule is COc1ccccc1NN1C2C(=O)N(c3nc(-c4ccc(Cl)cc4)cs3)N=C(C)C21. The minimum absolute atomic E-state index is 0.0747. The van der Waals surface area contributed by atoms with E-state index in [2.05, 4.69) is 15.5 Å². The average Bonchev–Trinajstić information content (AvgIpc) is 3.26. The van der Waals surface area contributed by atoms with E-state index in [4.69, 9.17) is 16.3 Å². The van der Waals surface area contributed by atoms with E-state index in [1.165, 1.54) is 16.3 Å². The molecule has 1 fully saturated rings. The van der Waals surface area contributed by atoms with Crippen LogP contribution in [0.3, 0.4) is 0 Å². The van der Waals surface area contributed by atoms with Gasteiger partial charge in [-0.2, -0.15) is 15.1 Å². The van der Waals surface area contributed by atoms with Crippen LogP contribution in [0, 0.1) is 0 Å². The number of methoxy groups -OCH3 is 1. The van der Waals surface area contributed by atoms with Crippen LogP contribution >= 0.6 is 22.9 Å². The summed E-state index contributed by atoms with van der Waals surface area (Å²) in [5.41, 5.74) is 6.68. The summed E-state index contributed by atoms with van der Waals surface area (Å²) >= 11 is 7.35. The quantitative estimate of drug-likeness (QED) is 0.601. The van der Waals surface area contributed by atoms with Crippen molar-refractivity contribution in [2.24, 2.45) is 5.10 Å². The average molecular weight is 440 g/mol. The van der Waals surface area contributed by atoms with E-state index in [0.717, 1.165) is 22.7 Å². The number of aromatic nitrogens is 1. The summed E-state index contributed by atoms with van der Waals surface area (Å²) in [7, 11) is 1.62. The second-order valence-electron chi connectivity index (χ2n) is 7.02. The molecule has 2 aliphatic heterocycles. The summed E-state index contributed by atoms with van der Waals surface area (Å²) < 4.78 is 5.39. The zero-order valence-corrected chi connectivity index (χ0v) is 17.8. The molecule has 2 aromatic carbocycles. The van der Waals surface area contributed by atoms with E-state index in [9.17, 15) is 4.79 Å². The lowest BCUT2D eigenvalue weighted by atomic mass is 10.2. The number of nitrogens with zero attached hydrogens (tertiary/aromatic N) is 4. The molecule has 1 N–H and O–H groups in total. The Hall–Kier alpha value is -2.94. The molecule has 1 saturated heterocycles. The Kier molecular flexibility index (Phi) is 4.69. The maximum atomic E-state index is 13.1. The first kappa shape index (κ1) is 19.0. The topological polar surface area (TPSA) is 69.8 Å². The molecule has 0 saturated carbocycles. The number of amides is 1. The first-order valence-electron chi connectivity index (χ1n) is 9.35. The normalized spacial score (nSPS) is 22.4. The van der Waals surface area contributed by atoms with E-state index in [0.29, 0.717) is 15.9 Å². The number of hydrogen-bond donors (Lipinski definition) is 1. The van der Waals surface area contributed by atoms with Crippen molar-refractivity contribution in [3.63, 3.8) is 0 Å². The van der Waals surface area contributed by atoms with Crippen molar-refractivity contribution in [1.82, 2.24) is 9.99 Å². The number of ether oxygens (including phenoxy) is 1. The monoisotopic (exact) mass is 439 g/mol. The van der Waals surface area contributed by atoms with Crippen LogP contribution in [0.15, 0.2) is 59.0 Å². The maximum absolute atomic E-state index is 13.1. The van der Waals surface area contributed by atoms with E-state index >= 15 is 0 Å². The zero-order chi connectivity index (χ0) is 20.8. The van der Waals surface area contributed by atoms with Gasteiger partial charge in [0, 0.05) is 16.0 Å². The van der Waals surface area contributed by atoms with Crippen LogP contribution in [0.4, 0.5) is 10.8 Å². The van der Waals surface area contributed by atoms with Gasteiger partial charge in [-0.1, -0.05) is 35.9 Å². The number of benzene rings is 2. The number of rotatable bonds is 5. The van der Waals surface area contributed by atoms with Crippen LogP contribution in [-0.2, 0) is 4.79 Å². The molecule has 0 aliphatic carbocycles. The third kappa shape index (κ3) is 3.23. The Morgan fingerprint density at radius 3 is 2.67 bits per heavy atom. The van der Waals surface area contributed by atoms with Crippen molar-refractivity contribution < 1.29 is 9.53 Å². The summed E-state index contributed by atoms with van der Waals surface area (Å²) in [6.45, 7) is 1.93. The van der Waals surface area contributed by atoms with Gasteiger partial charge in [-0.05, 0) is 31.2 Å². The zero-order valence-electron chi connectivity index (χ0n) is 16.2. The first-order valence-corrected chi connectivity index (χ1v) is 10.6. The van der Waals surface area contributed by atoms with Gasteiger partial charge >= 0.3 is 0 Å². The Bertz CT molecular complexity index is 1150. The molecule has 3 heterocycles.